The lowest BCUT2D eigenvalue weighted by molar-refractivity contribution is 0.245. The third-order valence-corrected chi connectivity index (χ3v) is 5.01. The summed E-state index contributed by atoms with van der Waals surface area (Å²) in [6.07, 6.45) is 1.88. The number of piperazine rings is 1. The van der Waals surface area contributed by atoms with Crippen molar-refractivity contribution in [2.45, 2.75) is 6.54 Å². The molecule has 0 saturated carbocycles. The fourth-order valence-electron chi connectivity index (χ4n) is 3.48. The molecule has 0 aliphatic carbocycles. The molecule has 0 bridgehead atoms. The summed E-state index contributed by atoms with van der Waals surface area (Å²) < 4.78 is 10.9. The molecule has 2 aromatic carbocycles. The third-order valence-electron chi connectivity index (χ3n) is 5.01. The predicted molar refractivity (Wildman–Crippen MR) is 107 cm³/mol. The van der Waals surface area contributed by atoms with Crippen molar-refractivity contribution in [3.05, 3.63) is 54.2 Å². The van der Waals surface area contributed by atoms with Gasteiger partial charge in [-0.2, -0.15) is 0 Å². The van der Waals surface area contributed by atoms with E-state index in [-0.39, 0.29) is 0 Å². The molecule has 3 aromatic rings. The molecule has 1 fully saturated rings. The Hall–Kier alpha value is -2.86. The average molecular weight is 364 g/mol. The Morgan fingerprint density at radius 2 is 1.70 bits per heavy atom. The smallest absolute Gasteiger partial charge is 0.147 e. The quantitative estimate of drug-likeness (QED) is 0.694. The molecular weight excluding hydrogens is 340 g/mol. The number of para-hydroxylation sites is 2. The number of aromatic nitrogens is 2. The zero-order chi connectivity index (χ0) is 18.6. The Morgan fingerprint density at radius 3 is 2.44 bits per heavy atom. The van der Waals surface area contributed by atoms with Crippen LogP contribution in [0.1, 0.15) is 5.56 Å². The van der Waals surface area contributed by atoms with Gasteiger partial charge in [0.05, 0.1) is 31.4 Å². The van der Waals surface area contributed by atoms with Crippen LogP contribution in [0, 0.1) is 0 Å². The maximum atomic E-state index is 5.51. The molecule has 4 rings (SSSR count). The number of rotatable bonds is 5. The number of benzene rings is 2. The minimum Gasteiger partial charge on any atom is -0.497 e. The maximum absolute atomic E-state index is 5.51. The fraction of sp³-hybridized carbons (Fsp3) is 0.333. The summed E-state index contributed by atoms with van der Waals surface area (Å²) in [4.78, 5) is 14.0. The van der Waals surface area contributed by atoms with Gasteiger partial charge in [0.2, 0.25) is 0 Å². The predicted octanol–water partition coefficient (Wildman–Crippen LogP) is 2.97. The molecule has 0 amide bonds. The van der Waals surface area contributed by atoms with Gasteiger partial charge in [-0.25, -0.2) is 4.98 Å². The number of ether oxygens (including phenoxy) is 2. The molecule has 1 aliphatic heterocycles. The van der Waals surface area contributed by atoms with Crippen molar-refractivity contribution in [3.63, 3.8) is 0 Å². The highest BCUT2D eigenvalue weighted by Gasteiger charge is 2.20. The molecule has 0 atom stereocenters. The normalized spacial score (nSPS) is 15.1. The van der Waals surface area contributed by atoms with E-state index in [0.717, 1.165) is 66.6 Å². The molecule has 27 heavy (non-hydrogen) atoms. The summed E-state index contributed by atoms with van der Waals surface area (Å²) in [7, 11) is 3.40. The van der Waals surface area contributed by atoms with Crippen LogP contribution in [-0.2, 0) is 6.54 Å². The highest BCUT2D eigenvalue weighted by atomic mass is 16.5. The Kier molecular flexibility index (Phi) is 5.07. The standard InChI is InChI=1S/C21H24N4O2/c1-26-17-7-8-20(27-2)16(13-17)15-24-9-11-25(12-10-24)21-14-22-18-5-3-4-6-19(18)23-21/h3-8,13-14H,9-12,15H2,1-2H3. The SMILES string of the molecule is COc1ccc(OC)c(CN2CCN(c3cnc4ccccc4n3)CC2)c1. The highest BCUT2D eigenvalue weighted by molar-refractivity contribution is 5.75. The fourth-order valence-corrected chi connectivity index (χ4v) is 3.48. The molecule has 0 radical (unpaired) electrons. The first-order valence-electron chi connectivity index (χ1n) is 9.17. The van der Waals surface area contributed by atoms with Crippen molar-refractivity contribution in [2.75, 3.05) is 45.3 Å². The Bertz CT molecular complexity index is 923. The van der Waals surface area contributed by atoms with Gasteiger partial charge >= 0.3 is 0 Å². The van der Waals surface area contributed by atoms with Crippen LogP contribution >= 0.6 is 0 Å². The van der Waals surface area contributed by atoms with E-state index in [9.17, 15) is 0 Å². The van der Waals surface area contributed by atoms with Crippen molar-refractivity contribution in [1.82, 2.24) is 14.9 Å². The van der Waals surface area contributed by atoms with Crippen LogP contribution in [0.2, 0.25) is 0 Å². The van der Waals surface area contributed by atoms with Crippen molar-refractivity contribution in [1.29, 1.82) is 0 Å². The summed E-state index contributed by atoms with van der Waals surface area (Å²) in [5.74, 6) is 2.71. The Morgan fingerprint density at radius 1 is 0.926 bits per heavy atom. The zero-order valence-corrected chi connectivity index (χ0v) is 15.8. The second-order valence-corrected chi connectivity index (χ2v) is 6.66. The van der Waals surface area contributed by atoms with E-state index in [0.29, 0.717) is 0 Å². The van der Waals surface area contributed by atoms with E-state index >= 15 is 0 Å². The van der Waals surface area contributed by atoms with E-state index in [4.69, 9.17) is 14.5 Å². The molecule has 140 valence electrons. The number of methoxy groups -OCH3 is 2. The summed E-state index contributed by atoms with van der Waals surface area (Å²) in [5.41, 5.74) is 3.03. The molecule has 0 unspecified atom stereocenters. The molecule has 2 heterocycles. The van der Waals surface area contributed by atoms with E-state index in [2.05, 4.69) is 20.9 Å². The first-order valence-corrected chi connectivity index (χ1v) is 9.17. The zero-order valence-electron chi connectivity index (χ0n) is 15.8. The van der Waals surface area contributed by atoms with E-state index in [1.807, 2.05) is 42.6 Å². The molecule has 1 aliphatic rings. The van der Waals surface area contributed by atoms with Gasteiger partial charge in [0.25, 0.3) is 0 Å². The molecule has 6 nitrogen and oxygen atoms in total. The highest BCUT2D eigenvalue weighted by Crippen LogP contribution is 2.26. The summed E-state index contributed by atoms with van der Waals surface area (Å²) in [5, 5.41) is 0. The third kappa shape index (κ3) is 3.80. The number of hydrogen-bond acceptors (Lipinski definition) is 6. The van der Waals surface area contributed by atoms with Crippen LogP contribution < -0.4 is 14.4 Å². The van der Waals surface area contributed by atoms with Gasteiger partial charge in [0, 0.05) is 38.3 Å². The number of fused-ring (bicyclic) bond motifs is 1. The Labute approximate surface area is 159 Å². The van der Waals surface area contributed by atoms with Crippen LogP contribution in [0.3, 0.4) is 0 Å². The average Bonchev–Trinajstić information content (AvgIpc) is 2.74. The van der Waals surface area contributed by atoms with Crippen LogP contribution in [0.25, 0.3) is 11.0 Å². The van der Waals surface area contributed by atoms with Crippen LogP contribution in [0.4, 0.5) is 5.82 Å². The van der Waals surface area contributed by atoms with Gasteiger partial charge in [-0.15, -0.1) is 0 Å². The van der Waals surface area contributed by atoms with Crippen LogP contribution in [-0.4, -0.2) is 55.3 Å². The molecule has 1 aromatic heterocycles. The first kappa shape index (κ1) is 17.5. The van der Waals surface area contributed by atoms with Gasteiger partial charge in [-0.3, -0.25) is 9.88 Å². The molecule has 0 N–H and O–H groups in total. The Balaban J connectivity index is 1.43. The second kappa shape index (κ2) is 7.80. The number of nitrogens with zero attached hydrogens (tertiary/aromatic N) is 4. The first-order chi connectivity index (χ1) is 13.3. The lowest BCUT2D eigenvalue weighted by atomic mass is 10.1. The minimum atomic E-state index is 0.845. The summed E-state index contributed by atoms with van der Waals surface area (Å²) in [6, 6.07) is 13.9. The van der Waals surface area contributed by atoms with Gasteiger partial charge in [0.15, 0.2) is 0 Å². The van der Waals surface area contributed by atoms with Gasteiger partial charge in [-0.05, 0) is 30.3 Å². The maximum Gasteiger partial charge on any atom is 0.147 e. The molecule has 6 heteroatoms. The van der Waals surface area contributed by atoms with E-state index in [1.165, 1.54) is 0 Å². The molecule has 1 saturated heterocycles. The number of anilines is 1. The van der Waals surface area contributed by atoms with Crippen molar-refractivity contribution in [3.8, 4) is 11.5 Å². The van der Waals surface area contributed by atoms with Gasteiger partial charge < -0.3 is 14.4 Å². The van der Waals surface area contributed by atoms with Gasteiger partial charge in [-0.1, -0.05) is 12.1 Å². The van der Waals surface area contributed by atoms with Crippen molar-refractivity contribution >= 4 is 16.9 Å². The number of hydrogen-bond donors (Lipinski definition) is 0. The van der Waals surface area contributed by atoms with E-state index in [1.54, 1.807) is 14.2 Å². The van der Waals surface area contributed by atoms with Gasteiger partial charge in [0.1, 0.15) is 17.3 Å². The molecular formula is C21H24N4O2. The summed E-state index contributed by atoms with van der Waals surface area (Å²) >= 11 is 0. The topological polar surface area (TPSA) is 50.7 Å². The van der Waals surface area contributed by atoms with E-state index < -0.39 is 0 Å². The van der Waals surface area contributed by atoms with Crippen LogP contribution in [0.5, 0.6) is 11.5 Å². The van der Waals surface area contributed by atoms with Crippen LogP contribution in [0.15, 0.2) is 48.7 Å². The summed E-state index contributed by atoms with van der Waals surface area (Å²) in [6.45, 7) is 4.64. The minimum absolute atomic E-state index is 0.845. The monoisotopic (exact) mass is 364 g/mol. The molecule has 0 spiro atoms. The van der Waals surface area contributed by atoms with Crippen molar-refractivity contribution < 1.29 is 9.47 Å². The van der Waals surface area contributed by atoms with Crippen molar-refractivity contribution in [2.24, 2.45) is 0 Å². The largest absolute Gasteiger partial charge is 0.497 e. The lowest BCUT2D eigenvalue weighted by Gasteiger charge is -2.35. The second-order valence-electron chi connectivity index (χ2n) is 6.66. The lowest BCUT2D eigenvalue weighted by Crippen LogP contribution is -2.46.